The Kier molecular flexibility index (Phi) is 6.39. The van der Waals surface area contributed by atoms with Gasteiger partial charge in [0.1, 0.15) is 6.10 Å². The van der Waals surface area contributed by atoms with Crippen LogP contribution >= 0.6 is 0 Å². The molecule has 1 aromatic carbocycles. The van der Waals surface area contributed by atoms with E-state index in [-0.39, 0.29) is 17.4 Å². The Labute approximate surface area is 141 Å². The van der Waals surface area contributed by atoms with Crippen molar-refractivity contribution < 1.29 is 18.6 Å². The monoisotopic (exact) mass is 338 g/mol. The molecule has 1 aliphatic rings. The number of ether oxygens (including phenoxy) is 3. The fourth-order valence-electron chi connectivity index (χ4n) is 2.11. The van der Waals surface area contributed by atoms with Gasteiger partial charge in [-0.25, -0.2) is 0 Å². The zero-order valence-corrected chi connectivity index (χ0v) is 16.0. The predicted molar refractivity (Wildman–Crippen MR) is 94.0 cm³/mol. The van der Waals surface area contributed by atoms with Crippen molar-refractivity contribution in [1.82, 2.24) is 0 Å². The molecule has 5 heteroatoms. The molecule has 0 aromatic heterocycles. The third kappa shape index (κ3) is 5.40. The second-order valence-corrected chi connectivity index (χ2v) is 12.3. The second-order valence-electron chi connectivity index (χ2n) is 7.51. The summed E-state index contributed by atoms with van der Waals surface area (Å²) in [6, 6.07) is 9.99. The molecule has 0 N–H and O–H groups in total. The summed E-state index contributed by atoms with van der Waals surface area (Å²) in [7, 11) is -1.69. The summed E-state index contributed by atoms with van der Waals surface area (Å²) in [6.45, 7) is 13.6. The van der Waals surface area contributed by atoms with Gasteiger partial charge in [0.2, 0.25) is 0 Å². The van der Waals surface area contributed by atoms with Crippen molar-refractivity contribution >= 4 is 8.32 Å². The summed E-state index contributed by atoms with van der Waals surface area (Å²) in [5.74, 6) is 0. The van der Waals surface area contributed by atoms with Gasteiger partial charge in [-0.05, 0) is 18.1 Å². The van der Waals surface area contributed by atoms with Crippen molar-refractivity contribution in [2.75, 3.05) is 26.4 Å². The summed E-state index contributed by atoms with van der Waals surface area (Å²) in [5, 5.41) is 0.229. The molecule has 2 rings (SSSR count). The minimum Gasteiger partial charge on any atom is -0.414 e. The first-order valence-corrected chi connectivity index (χ1v) is 11.2. The molecule has 0 bridgehead atoms. The maximum Gasteiger partial charge on any atom is 0.192 e. The predicted octanol–water partition coefficient (Wildman–Crippen LogP) is 4.14. The fraction of sp³-hybridized carbons (Fsp3) is 0.667. The van der Waals surface area contributed by atoms with E-state index in [4.69, 9.17) is 18.6 Å². The number of hydrogen-bond acceptors (Lipinski definition) is 4. The molecule has 0 amide bonds. The van der Waals surface area contributed by atoms with E-state index in [1.165, 1.54) is 0 Å². The lowest BCUT2D eigenvalue weighted by atomic mass is 10.2. The maximum absolute atomic E-state index is 6.11. The van der Waals surface area contributed by atoms with E-state index in [0.29, 0.717) is 26.4 Å². The summed E-state index contributed by atoms with van der Waals surface area (Å²) >= 11 is 0. The zero-order chi connectivity index (χ0) is 16.9. The highest BCUT2D eigenvalue weighted by atomic mass is 28.4. The Balaban J connectivity index is 1.66. The lowest BCUT2D eigenvalue weighted by Crippen LogP contribution is -2.42. The van der Waals surface area contributed by atoms with Crippen LogP contribution in [-0.2, 0) is 18.6 Å². The van der Waals surface area contributed by atoms with Gasteiger partial charge in [0.25, 0.3) is 0 Å². The topological polar surface area (TPSA) is 36.9 Å². The van der Waals surface area contributed by atoms with E-state index < -0.39 is 8.32 Å². The number of hydrogen-bond donors (Lipinski definition) is 0. The van der Waals surface area contributed by atoms with Crippen LogP contribution in [0.3, 0.4) is 0 Å². The van der Waals surface area contributed by atoms with Gasteiger partial charge in [-0.15, -0.1) is 0 Å². The summed E-state index contributed by atoms with van der Waals surface area (Å²) in [6.07, 6.45) is -0.294. The quantitative estimate of drug-likeness (QED) is 0.577. The van der Waals surface area contributed by atoms with Crippen LogP contribution < -0.4 is 0 Å². The van der Waals surface area contributed by atoms with Crippen LogP contribution in [0.4, 0.5) is 0 Å². The molecule has 23 heavy (non-hydrogen) atoms. The maximum atomic E-state index is 6.11. The first-order valence-electron chi connectivity index (χ1n) is 8.33. The molecular formula is C18H30O4Si. The molecular weight excluding hydrogens is 308 g/mol. The molecule has 0 radical (unpaired) electrons. The third-order valence-electron chi connectivity index (χ3n) is 4.64. The smallest absolute Gasteiger partial charge is 0.192 e. The highest BCUT2D eigenvalue weighted by Crippen LogP contribution is 2.36. The SMILES string of the molecule is CC(C)(C)[Si](C)(C)OCCOC1COC(c2ccccc2)OC1. The van der Waals surface area contributed by atoms with Gasteiger partial charge in [-0.1, -0.05) is 51.1 Å². The van der Waals surface area contributed by atoms with Gasteiger partial charge in [0, 0.05) is 5.56 Å². The lowest BCUT2D eigenvalue weighted by Gasteiger charge is -2.36. The normalized spacial score (nSPS) is 23.0. The molecule has 1 fully saturated rings. The molecule has 1 heterocycles. The lowest BCUT2D eigenvalue weighted by molar-refractivity contribution is -0.231. The average Bonchev–Trinajstić information content (AvgIpc) is 2.52. The van der Waals surface area contributed by atoms with Crippen molar-refractivity contribution in [3.63, 3.8) is 0 Å². The Bertz CT molecular complexity index is 462. The molecule has 4 nitrogen and oxygen atoms in total. The van der Waals surface area contributed by atoms with Crippen LogP contribution in [0.5, 0.6) is 0 Å². The van der Waals surface area contributed by atoms with Gasteiger partial charge < -0.3 is 18.6 Å². The molecule has 1 aromatic rings. The molecule has 0 spiro atoms. The van der Waals surface area contributed by atoms with Crippen molar-refractivity contribution in [1.29, 1.82) is 0 Å². The first kappa shape index (κ1) is 18.6. The van der Waals surface area contributed by atoms with Crippen LogP contribution in [0, 0.1) is 0 Å². The minimum atomic E-state index is -1.69. The fourth-order valence-corrected chi connectivity index (χ4v) is 3.14. The van der Waals surface area contributed by atoms with E-state index in [1.54, 1.807) is 0 Å². The van der Waals surface area contributed by atoms with Crippen LogP contribution in [-0.4, -0.2) is 40.8 Å². The second kappa shape index (κ2) is 7.90. The van der Waals surface area contributed by atoms with Crippen LogP contribution in [0.2, 0.25) is 18.1 Å². The standard InChI is InChI=1S/C18H30O4Si/c1-18(2,3)23(4,5)22-12-11-19-16-13-20-17(21-14-16)15-9-7-6-8-10-15/h6-10,16-17H,11-14H2,1-5H3. The van der Waals surface area contributed by atoms with E-state index in [2.05, 4.69) is 33.9 Å². The van der Waals surface area contributed by atoms with E-state index in [0.717, 1.165) is 5.56 Å². The highest BCUT2D eigenvalue weighted by molar-refractivity contribution is 6.74. The molecule has 0 atom stereocenters. The van der Waals surface area contributed by atoms with Crippen LogP contribution in [0.15, 0.2) is 30.3 Å². The van der Waals surface area contributed by atoms with E-state index in [9.17, 15) is 0 Å². The Morgan fingerprint density at radius 1 is 1.04 bits per heavy atom. The van der Waals surface area contributed by atoms with E-state index in [1.807, 2.05) is 30.3 Å². The highest BCUT2D eigenvalue weighted by Gasteiger charge is 2.37. The molecule has 0 aliphatic carbocycles. The molecule has 1 saturated heterocycles. The molecule has 130 valence electrons. The van der Waals surface area contributed by atoms with Crippen molar-refractivity contribution in [2.45, 2.75) is 51.3 Å². The largest absolute Gasteiger partial charge is 0.414 e. The Morgan fingerprint density at radius 2 is 1.65 bits per heavy atom. The van der Waals surface area contributed by atoms with Crippen molar-refractivity contribution in [3.05, 3.63) is 35.9 Å². The van der Waals surface area contributed by atoms with Crippen LogP contribution in [0.1, 0.15) is 32.6 Å². The minimum absolute atomic E-state index is 0.0158. The Hall–Kier alpha value is -0.723. The average molecular weight is 339 g/mol. The summed E-state index contributed by atoms with van der Waals surface area (Å²) in [5.41, 5.74) is 1.05. The number of rotatable bonds is 6. The molecule has 0 unspecified atom stereocenters. The Morgan fingerprint density at radius 3 is 2.22 bits per heavy atom. The van der Waals surface area contributed by atoms with Gasteiger partial charge in [0.15, 0.2) is 14.6 Å². The zero-order valence-electron chi connectivity index (χ0n) is 15.0. The van der Waals surface area contributed by atoms with Gasteiger partial charge >= 0.3 is 0 Å². The van der Waals surface area contributed by atoms with E-state index >= 15 is 0 Å². The first-order chi connectivity index (χ1) is 10.8. The van der Waals surface area contributed by atoms with Crippen molar-refractivity contribution in [3.8, 4) is 0 Å². The molecule has 1 aliphatic heterocycles. The third-order valence-corrected chi connectivity index (χ3v) is 9.18. The summed E-state index contributed by atoms with van der Waals surface area (Å²) < 4.78 is 23.4. The van der Waals surface area contributed by atoms with Gasteiger partial charge in [-0.2, -0.15) is 0 Å². The van der Waals surface area contributed by atoms with Crippen LogP contribution in [0.25, 0.3) is 0 Å². The number of benzene rings is 1. The van der Waals surface area contributed by atoms with Gasteiger partial charge in [-0.3, -0.25) is 0 Å². The van der Waals surface area contributed by atoms with Crippen molar-refractivity contribution in [2.24, 2.45) is 0 Å². The summed E-state index contributed by atoms with van der Waals surface area (Å²) in [4.78, 5) is 0. The molecule has 0 saturated carbocycles. The van der Waals surface area contributed by atoms with Gasteiger partial charge in [0.05, 0.1) is 26.4 Å².